The Kier molecular flexibility index (Phi) is 4.45. The van der Waals surface area contributed by atoms with Crippen molar-refractivity contribution in [2.24, 2.45) is 0 Å². The van der Waals surface area contributed by atoms with Crippen LogP contribution in [0.1, 0.15) is 18.1 Å². The van der Waals surface area contributed by atoms with Gasteiger partial charge in [0.05, 0.1) is 10.5 Å². The van der Waals surface area contributed by atoms with Crippen molar-refractivity contribution in [3.8, 4) is 0 Å². The third-order valence-corrected chi connectivity index (χ3v) is 4.20. The molecule has 20 heavy (non-hydrogen) atoms. The number of rotatable bonds is 4. The van der Waals surface area contributed by atoms with Crippen molar-refractivity contribution < 1.29 is 31.5 Å². The minimum absolute atomic E-state index is 0.120. The van der Waals surface area contributed by atoms with Crippen LogP contribution in [0.25, 0.3) is 0 Å². The van der Waals surface area contributed by atoms with Crippen molar-refractivity contribution >= 4 is 16.0 Å². The molecule has 0 aliphatic rings. The van der Waals surface area contributed by atoms with Gasteiger partial charge in [-0.2, -0.15) is 17.9 Å². The zero-order valence-corrected chi connectivity index (χ0v) is 11.3. The normalized spacial score (nSPS) is 14.1. The van der Waals surface area contributed by atoms with E-state index in [2.05, 4.69) is 0 Å². The second-order valence-electron chi connectivity index (χ2n) is 4.16. The first-order valence-electron chi connectivity index (χ1n) is 5.38. The zero-order valence-electron chi connectivity index (χ0n) is 10.5. The number of hydrogen-bond donors (Lipinski definition) is 2. The van der Waals surface area contributed by atoms with Crippen LogP contribution in [0.5, 0.6) is 0 Å². The highest BCUT2D eigenvalue weighted by Crippen LogP contribution is 2.31. The molecule has 1 rings (SSSR count). The van der Waals surface area contributed by atoms with Gasteiger partial charge >= 0.3 is 12.1 Å². The Balaban J connectivity index is 3.18. The summed E-state index contributed by atoms with van der Waals surface area (Å²) in [6.45, 7) is 2.31. The van der Waals surface area contributed by atoms with Gasteiger partial charge in [-0.25, -0.2) is 8.42 Å². The number of carbonyl (C=O) groups is 1. The summed E-state index contributed by atoms with van der Waals surface area (Å²) in [6, 6.07) is 0.740. The number of halogens is 3. The van der Waals surface area contributed by atoms with Gasteiger partial charge in [0.25, 0.3) is 0 Å². The minimum Gasteiger partial charge on any atom is -0.480 e. The molecular weight excluding hydrogens is 299 g/mol. The standard InChI is InChI=1S/C11H12F3NO4S/c1-6-5-8(11(12,13)14)3-4-9(6)20(18,19)15-7(2)10(16)17/h3-5,7,15H,1-2H3,(H,16,17)/t7-/m0/s1. The molecule has 0 aliphatic heterocycles. The van der Waals surface area contributed by atoms with E-state index in [9.17, 15) is 26.4 Å². The molecule has 0 aromatic heterocycles. The smallest absolute Gasteiger partial charge is 0.416 e. The Morgan fingerprint density at radius 2 is 1.90 bits per heavy atom. The van der Waals surface area contributed by atoms with Crippen LogP contribution in [0.2, 0.25) is 0 Å². The summed E-state index contributed by atoms with van der Waals surface area (Å²) in [6.07, 6.45) is -4.57. The zero-order chi connectivity index (χ0) is 15.7. The largest absolute Gasteiger partial charge is 0.480 e. The van der Waals surface area contributed by atoms with Crippen LogP contribution in [-0.2, 0) is 21.0 Å². The summed E-state index contributed by atoms with van der Waals surface area (Å²) >= 11 is 0. The van der Waals surface area contributed by atoms with Gasteiger partial charge in [0.15, 0.2) is 0 Å². The van der Waals surface area contributed by atoms with Crippen LogP contribution in [0.3, 0.4) is 0 Å². The van der Waals surface area contributed by atoms with Crippen molar-refractivity contribution in [3.05, 3.63) is 29.3 Å². The molecule has 0 spiro atoms. The first-order valence-corrected chi connectivity index (χ1v) is 6.86. The lowest BCUT2D eigenvalue weighted by Crippen LogP contribution is -2.38. The van der Waals surface area contributed by atoms with Crippen LogP contribution in [0, 0.1) is 6.92 Å². The fraction of sp³-hybridized carbons (Fsp3) is 0.364. The summed E-state index contributed by atoms with van der Waals surface area (Å²) in [4.78, 5) is 10.2. The van der Waals surface area contributed by atoms with Crippen LogP contribution >= 0.6 is 0 Å². The van der Waals surface area contributed by atoms with Gasteiger partial charge in [-0.3, -0.25) is 4.79 Å². The van der Waals surface area contributed by atoms with Crippen molar-refractivity contribution in [3.63, 3.8) is 0 Å². The Morgan fingerprint density at radius 1 is 1.35 bits per heavy atom. The molecule has 0 saturated carbocycles. The highest BCUT2D eigenvalue weighted by atomic mass is 32.2. The molecule has 0 radical (unpaired) electrons. The van der Waals surface area contributed by atoms with Crippen LogP contribution < -0.4 is 4.72 Å². The number of carboxylic acids is 1. The molecule has 0 bridgehead atoms. The lowest BCUT2D eigenvalue weighted by Gasteiger charge is -2.14. The van der Waals surface area contributed by atoms with Crippen molar-refractivity contribution in [2.45, 2.75) is 31.0 Å². The van der Waals surface area contributed by atoms with Gasteiger partial charge < -0.3 is 5.11 Å². The van der Waals surface area contributed by atoms with Crippen molar-refractivity contribution in [2.75, 3.05) is 0 Å². The number of sulfonamides is 1. The molecule has 0 aliphatic carbocycles. The SMILES string of the molecule is Cc1cc(C(F)(F)F)ccc1S(=O)(=O)N[C@@H](C)C(=O)O. The maximum Gasteiger partial charge on any atom is 0.416 e. The maximum atomic E-state index is 12.5. The summed E-state index contributed by atoms with van der Waals surface area (Å²) in [5.41, 5.74) is -1.09. The second kappa shape index (κ2) is 5.41. The molecule has 1 aromatic rings. The summed E-state index contributed by atoms with van der Waals surface area (Å²) in [7, 11) is -4.20. The maximum absolute atomic E-state index is 12.5. The molecule has 0 heterocycles. The molecule has 1 aromatic carbocycles. The molecule has 0 fully saturated rings. The van der Waals surface area contributed by atoms with Crippen molar-refractivity contribution in [1.82, 2.24) is 4.72 Å². The van der Waals surface area contributed by atoms with Crippen LogP contribution in [0.15, 0.2) is 23.1 Å². The van der Waals surface area contributed by atoms with Crippen LogP contribution in [-0.4, -0.2) is 25.5 Å². The molecule has 9 heteroatoms. The summed E-state index contributed by atoms with van der Waals surface area (Å²) in [5.74, 6) is -1.39. The number of carboxylic acid groups (broad SMARTS) is 1. The third kappa shape index (κ3) is 3.70. The predicted molar refractivity (Wildman–Crippen MR) is 63.6 cm³/mol. The molecule has 2 N–H and O–H groups in total. The van der Waals surface area contributed by atoms with Crippen molar-refractivity contribution in [1.29, 1.82) is 0 Å². The molecule has 0 amide bonds. The number of hydrogen-bond acceptors (Lipinski definition) is 3. The van der Waals surface area contributed by atoms with E-state index in [-0.39, 0.29) is 5.56 Å². The predicted octanol–water partition coefficient (Wildman–Crippen LogP) is 1.77. The van der Waals surface area contributed by atoms with E-state index in [4.69, 9.17) is 5.11 Å². The lowest BCUT2D eigenvalue weighted by molar-refractivity contribution is -0.139. The molecule has 112 valence electrons. The fourth-order valence-corrected chi connectivity index (χ4v) is 2.90. The Labute approximate surface area is 113 Å². The Bertz CT molecular complexity index is 625. The number of aryl methyl sites for hydroxylation is 1. The van der Waals surface area contributed by atoms with E-state index in [1.54, 1.807) is 0 Å². The number of alkyl halides is 3. The quantitative estimate of drug-likeness (QED) is 0.887. The molecular formula is C11H12F3NO4S. The summed E-state index contributed by atoms with van der Waals surface area (Å²) in [5, 5.41) is 8.64. The molecule has 1 atom stereocenters. The van der Waals surface area contributed by atoms with Crippen LogP contribution in [0.4, 0.5) is 13.2 Å². The van der Waals surface area contributed by atoms with E-state index in [1.807, 2.05) is 4.72 Å². The average Bonchev–Trinajstić information content (AvgIpc) is 2.26. The second-order valence-corrected chi connectivity index (χ2v) is 5.84. The topological polar surface area (TPSA) is 83.5 Å². The first kappa shape index (κ1) is 16.4. The van der Waals surface area contributed by atoms with Gasteiger partial charge in [0.1, 0.15) is 6.04 Å². The van der Waals surface area contributed by atoms with E-state index < -0.39 is 38.7 Å². The third-order valence-electron chi connectivity index (χ3n) is 2.49. The van der Waals surface area contributed by atoms with Gasteiger partial charge in [0.2, 0.25) is 10.0 Å². The Morgan fingerprint density at radius 3 is 2.30 bits per heavy atom. The number of benzene rings is 1. The molecule has 5 nitrogen and oxygen atoms in total. The average molecular weight is 311 g/mol. The van der Waals surface area contributed by atoms with E-state index >= 15 is 0 Å². The number of aliphatic carboxylic acids is 1. The van der Waals surface area contributed by atoms with Gasteiger partial charge in [-0.1, -0.05) is 0 Å². The Hall–Kier alpha value is -1.61. The molecule has 0 unspecified atom stereocenters. The first-order chi connectivity index (χ1) is 8.95. The monoisotopic (exact) mass is 311 g/mol. The number of nitrogens with one attached hydrogen (secondary N) is 1. The fourth-order valence-electron chi connectivity index (χ4n) is 1.47. The molecule has 0 saturated heterocycles. The van der Waals surface area contributed by atoms with E-state index in [0.29, 0.717) is 12.1 Å². The minimum atomic E-state index is -4.57. The highest BCUT2D eigenvalue weighted by molar-refractivity contribution is 7.89. The van der Waals surface area contributed by atoms with E-state index in [1.165, 1.54) is 6.92 Å². The highest BCUT2D eigenvalue weighted by Gasteiger charge is 2.32. The lowest BCUT2D eigenvalue weighted by atomic mass is 10.1. The van der Waals surface area contributed by atoms with E-state index in [0.717, 1.165) is 13.0 Å². The van der Waals surface area contributed by atoms with Gasteiger partial charge in [-0.15, -0.1) is 0 Å². The summed E-state index contributed by atoms with van der Waals surface area (Å²) < 4.78 is 63.0. The van der Waals surface area contributed by atoms with Gasteiger partial charge in [-0.05, 0) is 37.6 Å². The van der Waals surface area contributed by atoms with Gasteiger partial charge in [0, 0.05) is 0 Å².